The maximum Gasteiger partial charge on any atom is 0.243 e. The van der Waals surface area contributed by atoms with Gasteiger partial charge < -0.3 is 10.1 Å². The van der Waals surface area contributed by atoms with E-state index in [9.17, 15) is 13.2 Å². The fourth-order valence-electron chi connectivity index (χ4n) is 3.17. The second-order valence-electron chi connectivity index (χ2n) is 7.26. The molecule has 1 aliphatic heterocycles. The molecule has 0 bridgehead atoms. The van der Waals surface area contributed by atoms with Crippen molar-refractivity contribution in [2.24, 2.45) is 0 Å². The van der Waals surface area contributed by atoms with E-state index in [1.54, 1.807) is 30.3 Å². The van der Waals surface area contributed by atoms with E-state index in [4.69, 9.17) is 27.9 Å². The van der Waals surface area contributed by atoms with Crippen molar-refractivity contribution in [3.8, 4) is 0 Å². The first-order chi connectivity index (χ1) is 14.3. The number of benzene rings is 2. The number of aryl methyl sites for hydroxylation is 1. The van der Waals surface area contributed by atoms with Crippen LogP contribution in [0.2, 0.25) is 10.0 Å². The van der Waals surface area contributed by atoms with Gasteiger partial charge >= 0.3 is 0 Å². The average molecular weight is 471 g/mol. The molecule has 9 heteroatoms. The van der Waals surface area contributed by atoms with Crippen LogP contribution < -0.4 is 5.32 Å². The van der Waals surface area contributed by atoms with Crippen LogP contribution in [-0.4, -0.2) is 44.4 Å². The van der Waals surface area contributed by atoms with Crippen molar-refractivity contribution in [2.75, 3.05) is 19.7 Å². The van der Waals surface area contributed by atoms with Gasteiger partial charge in [0.05, 0.1) is 17.5 Å². The molecule has 0 radical (unpaired) electrons. The number of hydrogen-bond acceptors (Lipinski definition) is 4. The molecule has 1 N–H and O–H groups in total. The summed E-state index contributed by atoms with van der Waals surface area (Å²) in [6.45, 7) is 2.53. The van der Waals surface area contributed by atoms with Crippen LogP contribution in [0.4, 0.5) is 0 Å². The molecule has 1 fully saturated rings. The molecule has 30 heavy (non-hydrogen) atoms. The Kier molecular flexibility index (Phi) is 7.76. The van der Waals surface area contributed by atoms with E-state index in [1.807, 2.05) is 6.92 Å². The number of halogens is 2. The van der Waals surface area contributed by atoms with Crippen molar-refractivity contribution in [1.82, 2.24) is 9.62 Å². The van der Waals surface area contributed by atoms with Gasteiger partial charge in [-0.2, -0.15) is 4.31 Å². The highest BCUT2D eigenvalue weighted by Gasteiger charge is 2.28. The lowest BCUT2D eigenvalue weighted by molar-refractivity contribution is -0.121. The third-order valence-corrected chi connectivity index (χ3v) is 7.28. The molecule has 3 rings (SSSR count). The first kappa shape index (κ1) is 23.0. The van der Waals surface area contributed by atoms with E-state index in [0.717, 1.165) is 22.7 Å². The Labute approximate surface area is 187 Å². The van der Waals surface area contributed by atoms with E-state index in [2.05, 4.69) is 5.32 Å². The Balaban J connectivity index is 1.81. The van der Waals surface area contributed by atoms with Crippen molar-refractivity contribution < 1.29 is 17.9 Å². The van der Waals surface area contributed by atoms with Crippen LogP contribution in [0, 0.1) is 6.92 Å². The highest BCUT2D eigenvalue weighted by atomic mass is 35.5. The van der Waals surface area contributed by atoms with Crippen molar-refractivity contribution >= 4 is 39.1 Å². The minimum absolute atomic E-state index is 0.0261. The average Bonchev–Trinajstić information content (AvgIpc) is 3.22. The summed E-state index contributed by atoms with van der Waals surface area (Å²) in [7, 11) is -3.93. The molecule has 2 aromatic rings. The predicted molar refractivity (Wildman–Crippen MR) is 117 cm³/mol. The van der Waals surface area contributed by atoms with Crippen molar-refractivity contribution in [3.63, 3.8) is 0 Å². The summed E-state index contributed by atoms with van der Waals surface area (Å²) in [5.74, 6) is -0.397. The van der Waals surface area contributed by atoms with Crippen LogP contribution in [0.25, 0.3) is 0 Å². The number of nitrogens with one attached hydrogen (secondary N) is 1. The van der Waals surface area contributed by atoms with Crippen LogP contribution in [0.3, 0.4) is 0 Å². The first-order valence-corrected chi connectivity index (χ1v) is 11.8. The van der Waals surface area contributed by atoms with Crippen molar-refractivity contribution in [2.45, 2.75) is 37.3 Å². The van der Waals surface area contributed by atoms with Gasteiger partial charge in [-0.3, -0.25) is 4.79 Å². The van der Waals surface area contributed by atoms with Gasteiger partial charge in [0.25, 0.3) is 0 Å². The van der Waals surface area contributed by atoms with Gasteiger partial charge in [0, 0.05) is 29.7 Å². The summed E-state index contributed by atoms with van der Waals surface area (Å²) in [6.07, 6.45) is 1.82. The quantitative estimate of drug-likeness (QED) is 0.636. The number of nitrogens with zero attached hydrogens (tertiary/aromatic N) is 1. The smallest absolute Gasteiger partial charge is 0.243 e. The number of rotatable bonds is 8. The van der Waals surface area contributed by atoms with Crippen LogP contribution in [0.5, 0.6) is 0 Å². The normalized spacial score (nSPS) is 16.7. The fourth-order valence-corrected chi connectivity index (χ4v) is 5.02. The zero-order valence-electron chi connectivity index (χ0n) is 16.6. The number of hydrogen-bond donors (Lipinski definition) is 1. The molecule has 0 unspecified atom stereocenters. The molecule has 0 aliphatic carbocycles. The molecule has 0 aromatic heterocycles. The third kappa shape index (κ3) is 5.95. The summed E-state index contributed by atoms with van der Waals surface area (Å²) >= 11 is 12.2. The number of ether oxygens (including phenoxy) is 1. The second-order valence-corrected chi connectivity index (χ2v) is 10.0. The van der Waals surface area contributed by atoms with Gasteiger partial charge in [0.1, 0.15) is 0 Å². The summed E-state index contributed by atoms with van der Waals surface area (Å²) in [4.78, 5) is 12.7. The monoisotopic (exact) mass is 470 g/mol. The van der Waals surface area contributed by atoms with E-state index in [0.29, 0.717) is 28.8 Å². The Bertz CT molecular complexity index is 991. The van der Waals surface area contributed by atoms with Gasteiger partial charge in [-0.05, 0) is 49.6 Å². The van der Waals surface area contributed by atoms with E-state index in [-0.39, 0.29) is 24.1 Å². The molecular formula is C21H24Cl2N2O4S. The predicted octanol–water partition coefficient (Wildman–Crippen LogP) is 3.79. The summed E-state index contributed by atoms with van der Waals surface area (Å²) < 4.78 is 33.2. The third-order valence-electron chi connectivity index (χ3n) is 4.89. The highest BCUT2D eigenvalue weighted by molar-refractivity contribution is 7.89. The Morgan fingerprint density at radius 3 is 2.57 bits per heavy atom. The van der Waals surface area contributed by atoms with E-state index >= 15 is 0 Å². The minimum Gasteiger partial charge on any atom is -0.376 e. The molecular weight excluding hydrogens is 447 g/mol. The fraction of sp³-hybridized carbons (Fsp3) is 0.381. The summed E-state index contributed by atoms with van der Waals surface area (Å²) in [5, 5.41) is 3.56. The van der Waals surface area contributed by atoms with Gasteiger partial charge in [0.2, 0.25) is 15.9 Å². The molecule has 162 valence electrons. The number of carbonyl (C=O) groups is 1. The maximum atomic E-state index is 13.3. The molecule has 1 amide bonds. The molecule has 1 atom stereocenters. The Morgan fingerprint density at radius 1 is 1.20 bits per heavy atom. The lowest BCUT2D eigenvalue weighted by Crippen LogP contribution is -2.42. The maximum absolute atomic E-state index is 13.3. The zero-order valence-corrected chi connectivity index (χ0v) is 18.9. The molecule has 0 spiro atoms. The Hall–Kier alpha value is -1.64. The molecule has 1 aliphatic rings. The van der Waals surface area contributed by atoms with Crippen LogP contribution in [0.1, 0.15) is 24.0 Å². The number of amides is 1. The highest BCUT2D eigenvalue weighted by Crippen LogP contribution is 2.25. The Morgan fingerprint density at radius 2 is 1.93 bits per heavy atom. The van der Waals surface area contributed by atoms with Crippen LogP contribution >= 0.6 is 23.2 Å². The topological polar surface area (TPSA) is 75.7 Å². The molecule has 2 aromatic carbocycles. The van der Waals surface area contributed by atoms with Crippen LogP contribution in [-0.2, 0) is 26.1 Å². The van der Waals surface area contributed by atoms with E-state index < -0.39 is 15.9 Å². The largest absolute Gasteiger partial charge is 0.376 e. The minimum atomic E-state index is -3.93. The van der Waals surface area contributed by atoms with Crippen molar-refractivity contribution in [1.29, 1.82) is 0 Å². The van der Waals surface area contributed by atoms with Gasteiger partial charge in [-0.1, -0.05) is 47.0 Å². The molecule has 1 saturated heterocycles. The summed E-state index contributed by atoms with van der Waals surface area (Å²) in [5.41, 5.74) is 1.50. The lowest BCUT2D eigenvalue weighted by atomic mass is 10.2. The molecule has 0 saturated carbocycles. The second kappa shape index (κ2) is 10.1. The van der Waals surface area contributed by atoms with E-state index in [1.165, 1.54) is 12.1 Å². The van der Waals surface area contributed by atoms with Gasteiger partial charge in [0.15, 0.2) is 0 Å². The van der Waals surface area contributed by atoms with Crippen LogP contribution in [0.15, 0.2) is 47.4 Å². The zero-order chi connectivity index (χ0) is 21.7. The molecule has 6 nitrogen and oxygen atoms in total. The standard InChI is InChI=1S/C21H24Cl2N2O4S/c1-15-4-8-19(9-5-15)30(27,28)25(13-16-6-7-17(22)11-20(16)23)14-21(26)24-12-18-3-2-10-29-18/h4-9,11,18H,2-3,10,12-14H2,1H3,(H,24,26)/t18-/m1/s1. The van der Waals surface area contributed by atoms with Gasteiger partial charge in [-0.25, -0.2) is 8.42 Å². The SMILES string of the molecule is Cc1ccc(S(=O)(=O)N(CC(=O)NC[C@H]2CCCO2)Cc2ccc(Cl)cc2Cl)cc1. The molecule has 1 heterocycles. The lowest BCUT2D eigenvalue weighted by Gasteiger charge is -2.23. The number of carbonyl (C=O) groups excluding carboxylic acids is 1. The summed E-state index contributed by atoms with van der Waals surface area (Å²) in [6, 6.07) is 11.3. The van der Waals surface area contributed by atoms with Crippen molar-refractivity contribution in [3.05, 3.63) is 63.6 Å². The number of sulfonamides is 1. The van der Waals surface area contributed by atoms with Gasteiger partial charge in [-0.15, -0.1) is 0 Å². The first-order valence-electron chi connectivity index (χ1n) is 9.65.